The topological polar surface area (TPSA) is 241 Å². The highest BCUT2D eigenvalue weighted by Crippen LogP contribution is 2.49. The first kappa shape index (κ1) is 64.6. The number of nitriles is 7. The molecule has 0 N–H and O–H groups in total. The number of nitrogens with zero attached hydrogens (tertiary/aromatic N) is 18. The first-order chi connectivity index (χ1) is 51.9. The third-order valence-corrected chi connectivity index (χ3v) is 18.5. The Bertz CT molecular complexity index is 6560. The van der Waals surface area contributed by atoms with Crippen molar-refractivity contribution in [2.45, 2.75) is 0 Å². The summed E-state index contributed by atoms with van der Waals surface area (Å²) in [5.41, 5.74) is 10.7. The molecule has 0 spiro atoms. The van der Waals surface area contributed by atoms with Crippen molar-refractivity contribution < 1.29 is 0 Å². The standard InChI is InChI=1S/C88H36N18/c1-96-64-34-61(47-93)82(62(35-64)48-94)55-19-25-78-68(37-55)69-39-57(84-63(49-95)36-65(97-2)42-75(84)101-6)21-27-79(69)106(78)81-41-59(88-103-86(53-13-9-7-10-14-53)102-87(104-88)54-15-11-8-12-16-54)18-24-67(81)66-23-17-50(43-89)33-80(66)105-76-26-20-56(83-60(46-92)29-51(44-90)30-72(83)98-3)38-70(76)71-40-58(22-28-77(71)105)85-73(99-4)31-52(45-91)32-74(85)100-5/h7-42H. The van der Waals surface area contributed by atoms with Gasteiger partial charge in [0, 0.05) is 82.7 Å². The van der Waals surface area contributed by atoms with E-state index in [2.05, 4.69) is 71.6 Å². The van der Waals surface area contributed by atoms with Gasteiger partial charge < -0.3 is 9.13 Å². The third kappa shape index (κ3) is 10.8. The van der Waals surface area contributed by atoms with Crippen LogP contribution in [0.15, 0.2) is 218 Å². The van der Waals surface area contributed by atoms with Crippen LogP contribution in [0.4, 0.5) is 34.1 Å². The molecule has 106 heavy (non-hydrogen) atoms. The number of hydrogen-bond donors (Lipinski definition) is 0. The predicted octanol–water partition coefficient (Wildman–Crippen LogP) is 21.8. The average molecular weight is 1350 g/mol. The van der Waals surface area contributed by atoms with Gasteiger partial charge >= 0.3 is 0 Å². The summed E-state index contributed by atoms with van der Waals surface area (Å²) in [6.45, 7) is 48.9. The summed E-state index contributed by atoms with van der Waals surface area (Å²) in [6.07, 6.45) is 0. The van der Waals surface area contributed by atoms with Crippen molar-refractivity contribution in [2.75, 3.05) is 0 Å². The molecule has 18 heteroatoms. The maximum Gasteiger partial charge on any atom is 0.197 e. The Kier molecular flexibility index (Phi) is 16.1. The zero-order valence-corrected chi connectivity index (χ0v) is 54.8. The predicted molar refractivity (Wildman–Crippen MR) is 403 cm³/mol. The van der Waals surface area contributed by atoms with E-state index in [9.17, 15) is 36.8 Å². The molecule has 0 saturated carbocycles. The Morgan fingerprint density at radius 1 is 0.264 bits per heavy atom. The number of aromatic nitrogens is 5. The van der Waals surface area contributed by atoms with Gasteiger partial charge in [-0.05, 0) is 137 Å². The van der Waals surface area contributed by atoms with Crippen LogP contribution in [-0.2, 0) is 0 Å². The summed E-state index contributed by atoms with van der Waals surface area (Å²) in [5.74, 6) is 1.07. The van der Waals surface area contributed by atoms with Crippen LogP contribution in [0.25, 0.3) is 174 Å². The second-order valence-electron chi connectivity index (χ2n) is 24.2. The second kappa shape index (κ2) is 26.5. The lowest BCUT2D eigenvalue weighted by atomic mass is 9.93. The van der Waals surface area contributed by atoms with Gasteiger partial charge in [-0.2, -0.15) is 36.8 Å². The Hall–Kier alpha value is -17.4. The highest BCUT2D eigenvalue weighted by atomic mass is 15.0. The van der Waals surface area contributed by atoms with Gasteiger partial charge in [0.1, 0.15) is 0 Å². The molecule has 0 saturated heterocycles. The quantitative estimate of drug-likeness (QED) is 0.117. The van der Waals surface area contributed by atoms with Crippen molar-refractivity contribution in [1.29, 1.82) is 36.8 Å². The summed E-state index contributed by atoms with van der Waals surface area (Å²) >= 11 is 0. The van der Waals surface area contributed by atoms with Crippen LogP contribution < -0.4 is 0 Å². The van der Waals surface area contributed by atoms with Gasteiger partial charge in [0.05, 0.1) is 138 Å². The minimum Gasteiger partial charge on any atom is -0.309 e. The molecule has 0 fully saturated rings. The molecule has 0 amide bonds. The fraction of sp³-hybridized carbons (Fsp3) is 0. The Morgan fingerprint density at radius 2 is 0.604 bits per heavy atom. The molecule has 0 bridgehead atoms. The maximum atomic E-state index is 11.0. The molecule has 0 aliphatic carbocycles. The van der Waals surface area contributed by atoms with Crippen LogP contribution in [-0.4, -0.2) is 24.1 Å². The van der Waals surface area contributed by atoms with E-state index < -0.39 is 0 Å². The normalized spacial score (nSPS) is 10.5. The molecule has 3 heterocycles. The first-order valence-corrected chi connectivity index (χ1v) is 32.1. The Labute approximate surface area is 604 Å². The number of benzene rings is 12. The molecule has 0 aliphatic rings. The Morgan fingerprint density at radius 3 is 1.02 bits per heavy atom. The lowest BCUT2D eigenvalue weighted by molar-refractivity contribution is 1.07. The molecule has 18 nitrogen and oxygen atoms in total. The molecule has 478 valence electrons. The van der Waals surface area contributed by atoms with E-state index in [4.69, 9.17) is 54.4 Å². The van der Waals surface area contributed by atoms with Crippen molar-refractivity contribution >= 4 is 77.7 Å². The molecule has 0 aliphatic heterocycles. The fourth-order valence-electron chi connectivity index (χ4n) is 13.9. The summed E-state index contributed by atoms with van der Waals surface area (Å²) in [6, 6.07) is 78.9. The van der Waals surface area contributed by atoms with Crippen molar-refractivity contribution in [3.63, 3.8) is 0 Å². The summed E-state index contributed by atoms with van der Waals surface area (Å²) in [5, 5.41) is 76.2. The molecule has 0 atom stereocenters. The van der Waals surface area contributed by atoms with E-state index >= 15 is 0 Å². The van der Waals surface area contributed by atoms with Gasteiger partial charge in [0.25, 0.3) is 0 Å². The van der Waals surface area contributed by atoms with Crippen molar-refractivity contribution in [1.82, 2.24) is 24.1 Å². The second-order valence-corrected chi connectivity index (χ2v) is 24.2. The van der Waals surface area contributed by atoms with Gasteiger partial charge in [0.15, 0.2) is 51.6 Å². The molecule has 15 rings (SSSR count). The average Bonchev–Trinajstić information content (AvgIpc) is 1.55. The minimum absolute atomic E-state index is 0.0620. The minimum atomic E-state index is 0.0620. The molecule has 0 unspecified atom stereocenters. The van der Waals surface area contributed by atoms with Gasteiger partial charge in [0.2, 0.25) is 0 Å². The molecule has 0 radical (unpaired) electrons. The van der Waals surface area contributed by atoms with Crippen molar-refractivity contribution in [3.8, 4) is 144 Å². The zero-order valence-electron chi connectivity index (χ0n) is 54.8. The first-order valence-electron chi connectivity index (χ1n) is 32.1. The van der Waals surface area contributed by atoms with Gasteiger partial charge in [-0.3, -0.25) is 0 Å². The monoisotopic (exact) mass is 1340 g/mol. The van der Waals surface area contributed by atoms with E-state index in [1.807, 2.05) is 143 Å². The van der Waals surface area contributed by atoms with E-state index in [0.717, 1.165) is 11.1 Å². The molecule has 3 aromatic heterocycles. The summed E-state index contributed by atoms with van der Waals surface area (Å²) < 4.78 is 4.04. The lowest BCUT2D eigenvalue weighted by Gasteiger charge is -2.20. The van der Waals surface area contributed by atoms with Crippen molar-refractivity contribution in [3.05, 3.63) is 326 Å². The number of rotatable bonds is 10. The largest absolute Gasteiger partial charge is 0.309 e. The third-order valence-electron chi connectivity index (χ3n) is 18.5. The zero-order chi connectivity index (χ0) is 73.4. The van der Waals surface area contributed by atoms with Crippen LogP contribution in [0.2, 0.25) is 0 Å². The van der Waals surface area contributed by atoms with Crippen LogP contribution in [0, 0.1) is 119 Å². The maximum absolute atomic E-state index is 11.0. The fourth-order valence-corrected chi connectivity index (χ4v) is 13.9. The van der Waals surface area contributed by atoms with Crippen LogP contribution in [0.1, 0.15) is 38.9 Å². The van der Waals surface area contributed by atoms with E-state index in [1.165, 1.54) is 48.5 Å². The lowest BCUT2D eigenvalue weighted by Crippen LogP contribution is -2.04. The highest BCUT2D eigenvalue weighted by Gasteiger charge is 2.27. The Balaban J connectivity index is 1.08. The van der Waals surface area contributed by atoms with Gasteiger partial charge in [-0.1, -0.05) is 109 Å². The molecular formula is C88H36N18. The van der Waals surface area contributed by atoms with Crippen LogP contribution >= 0.6 is 0 Å². The van der Waals surface area contributed by atoms with Gasteiger partial charge in [-0.25, -0.2) is 44.0 Å². The number of hydrogen-bond acceptors (Lipinski definition) is 10. The van der Waals surface area contributed by atoms with Crippen LogP contribution in [0.3, 0.4) is 0 Å². The summed E-state index contributed by atoms with van der Waals surface area (Å²) in [7, 11) is 0. The smallest absolute Gasteiger partial charge is 0.197 e. The molecule has 15 aromatic rings. The number of fused-ring (bicyclic) bond motifs is 6. The van der Waals surface area contributed by atoms with Crippen LogP contribution in [0.5, 0.6) is 0 Å². The highest BCUT2D eigenvalue weighted by molar-refractivity contribution is 6.15. The van der Waals surface area contributed by atoms with E-state index in [1.54, 1.807) is 36.4 Å². The summed E-state index contributed by atoms with van der Waals surface area (Å²) in [4.78, 5) is 37.7. The van der Waals surface area contributed by atoms with Gasteiger partial charge in [-0.15, -0.1) is 0 Å². The molecule has 12 aromatic carbocycles. The van der Waals surface area contributed by atoms with E-state index in [-0.39, 0.29) is 95.3 Å². The van der Waals surface area contributed by atoms with E-state index in [0.29, 0.717) is 111 Å². The molecular weight excluding hydrogens is 1310 g/mol. The SMILES string of the molecule is [C-]#[N+]c1cc(C#N)c(-c2ccc3c(c2)c2cc(-c4c(C#N)cc([N+]#[C-])cc4[N+]#[C-])ccc2n3-c2cc(-c3nc(-c4ccccc4)nc(-c4ccccc4)n3)ccc2-c2ccc(C#N)cc2-n2c3ccc(-c4c(C#N)cc(C#N)cc4[N+]#[C-])cc3c3cc(-c4c([N+]#[C-])cc(C#N)cc4[N+]#[C-])ccc32)c(C#N)c1. The van der Waals surface area contributed by atoms with Crippen molar-refractivity contribution in [2.24, 2.45) is 0 Å².